The van der Waals surface area contributed by atoms with Crippen LogP contribution in [0.15, 0.2) is 0 Å². The lowest BCUT2D eigenvalue weighted by Crippen LogP contribution is -2.40. The molecule has 17 heavy (non-hydrogen) atoms. The molecule has 3 N–H and O–H groups in total. The van der Waals surface area contributed by atoms with Crippen LogP contribution >= 0.6 is 0 Å². The number of nitrogens with one attached hydrogen (secondary N) is 1. The van der Waals surface area contributed by atoms with Crippen LogP contribution in [0.5, 0.6) is 0 Å². The molecule has 5 heteroatoms. The van der Waals surface area contributed by atoms with Crippen molar-refractivity contribution >= 4 is 11.8 Å². The van der Waals surface area contributed by atoms with Gasteiger partial charge in [0.05, 0.1) is 6.54 Å². The summed E-state index contributed by atoms with van der Waals surface area (Å²) in [6, 6.07) is 0. The van der Waals surface area contributed by atoms with Gasteiger partial charge in [-0.15, -0.1) is 0 Å². The summed E-state index contributed by atoms with van der Waals surface area (Å²) in [7, 11) is 0. The van der Waals surface area contributed by atoms with Crippen LogP contribution in [0.3, 0.4) is 0 Å². The van der Waals surface area contributed by atoms with Crippen molar-refractivity contribution < 1.29 is 9.59 Å². The first-order valence-electron chi connectivity index (χ1n) is 6.33. The summed E-state index contributed by atoms with van der Waals surface area (Å²) in [6.07, 6.45) is 1.28. The maximum atomic E-state index is 11.6. The number of likely N-dealkylation sites (N-methyl/N-ethyl adjacent to an activating group) is 1. The van der Waals surface area contributed by atoms with E-state index in [-0.39, 0.29) is 24.3 Å². The number of nitrogens with two attached hydrogens (primary N) is 1. The average molecular weight is 243 g/mol. The molecule has 0 aromatic carbocycles. The fourth-order valence-corrected chi connectivity index (χ4v) is 1.59. The third-order valence-corrected chi connectivity index (χ3v) is 2.94. The van der Waals surface area contributed by atoms with Gasteiger partial charge in [-0.1, -0.05) is 13.3 Å². The van der Waals surface area contributed by atoms with Gasteiger partial charge < -0.3 is 16.0 Å². The van der Waals surface area contributed by atoms with Crippen LogP contribution in [0.25, 0.3) is 0 Å². The van der Waals surface area contributed by atoms with Gasteiger partial charge in [0, 0.05) is 19.5 Å². The number of nitrogens with zero attached hydrogens (tertiary/aromatic N) is 1. The molecule has 0 spiro atoms. The Morgan fingerprint density at radius 1 is 1.24 bits per heavy atom. The van der Waals surface area contributed by atoms with E-state index in [1.165, 1.54) is 0 Å². The van der Waals surface area contributed by atoms with Gasteiger partial charge in [-0.3, -0.25) is 9.59 Å². The largest absolute Gasteiger partial charge is 0.347 e. The highest BCUT2D eigenvalue weighted by molar-refractivity contribution is 5.84. The van der Waals surface area contributed by atoms with Crippen molar-refractivity contribution in [1.82, 2.24) is 10.2 Å². The highest BCUT2D eigenvalue weighted by atomic mass is 16.2. The Kier molecular flexibility index (Phi) is 8.40. The summed E-state index contributed by atoms with van der Waals surface area (Å²) in [5.74, 6) is 0.0745. The minimum Gasteiger partial charge on any atom is -0.347 e. The lowest BCUT2D eigenvalue weighted by Gasteiger charge is -2.19. The smallest absolute Gasteiger partial charge is 0.241 e. The van der Waals surface area contributed by atoms with Crippen molar-refractivity contribution in [2.24, 2.45) is 11.7 Å². The summed E-state index contributed by atoms with van der Waals surface area (Å²) in [5, 5.41) is 2.64. The van der Waals surface area contributed by atoms with E-state index in [0.29, 0.717) is 26.1 Å². The zero-order valence-electron chi connectivity index (χ0n) is 11.2. The molecule has 0 aliphatic rings. The summed E-state index contributed by atoms with van der Waals surface area (Å²) < 4.78 is 0. The fraction of sp³-hybridized carbons (Fsp3) is 0.833. The highest BCUT2D eigenvalue weighted by Crippen LogP contribution is 2.05. The molecule has 0 aromatic rings. The van der Waals surface area contributed by atoms with Gasteiger partial charge >= 0.3 is 0 Å². The van der Waals surface area contributed by atoms with Crippen LogP contribution in [0.2, 0.25) is 0 Å². The van der Waals surface area contributed by atoms with Crippen LogP contribution in [0, 0.1) is 5.92 Å². The molecule has 0 fully saturated rings. The average Bonchev–Trinajstić information content (AvgIpc) is 2.34. The second-order valence-electron chi connectivity index (χ2n) is 4.06. The monoisotopic (exact) mass is 243 g/mol. The van der Waals surface area contributed by atoms with Crippen LogP contribution in [0.1, 0.15) is 33.6 Å². The summed E-state index contributed by atoms with van der Waals surface area (Å²) in [5.41, 5.74) is 5.52. The maximum absolute atomic E-state index is 11.6. The van der Waals surface area contributed by atoms with E-state index >= 15 is 0 Å². The molecule has 5 nitrogen and oxygen atoms in total. The van der Waals surface area contributed by atoms with Crippen molar-refractivity contribution in [3.63, 3.8) is 0 Å². The van der Waals surface area contributed by atoms with E-state index in [1.54, 1.807) is 4.90 Å². The Hall–Kier alpha value is -1.10. The molecular formula is C12H25N3O2. The highest BCUT2D eigenvalue weighted by Gasteiger charge is 2.13. The Morgan fingerprint density at radius 2 is 1.82 bits per heavy atom. The number of hydrogen-bond donors (Lipinski definition) is 2. The van der Waals surface area contributed by atoms with Crippen LogP contribution in [-0.4, -0.2) is 42.9 Å². The topological polar surface area (TPSA) is 75.4 Å². The van der Waals surface area contributed by atoms with Crippen molar-refractivity contribution in [2.75, 3.05) is 26.2 Å². The number of rotatable bonds is 8. The zero-order valence-corrected chi connectivity index (χ0v) is 11.2. The Bertz CT molecular complexity index is 236. The Balaban J connectivity index is 3.95. The van der Waals surface area contributed by atoms with Gasteiger partial charge in [-0.05, 0) is 26.3 Å². The minimum atomic E-state index is -0.0946. The maximum Gasteiger partial charge on any atom is 0.241 e. The fourth-order valence-electron chi connectivity index (χ4n) is 1.59. The van der Waals surface area contributed by atoms with Gasteiger partial charge in [0.15, 0.2) is 0 Å². The first-order chi connectivity index (χ1) is 8.08. The second-order valence-corrected chi connectivity index (χ2v) is 4.06. The molecular weight excluding hydrogens is 218 g/mol. The van der Waals surface area contributed by atoms with Crippen molar-refractivity contribution in [1.29, 1.82) is 0 Å². The quantitative estimate of drug-likeness (QED) is 0.646. The number of hydrogen-bond acceptors (Lipinski definition) is 3. The van der Waals surface area contributed by atoms with Crippen molar-refractivity contribution in [3.05, 3.63) is 0 Å². The first-order valence-corrected chi connectivity index (χ1v) is 6.33. The molecule has 2 amide bonds. The minimum absolute atomic E-state index is 0.0378. The zero-order chi connectivity index (χ0) is 13.3. The SMILES string of the molecule is CCC(CN)CC(=O)NCC(=O)N(CC)CC. The lowest BCUT2D eigenvalue weighted by molar-refractivity contribution is -0.132. The van der Waals surface area contributed by atoms with Gasteiger partial charge in [-0.2, -0.15) is 0 Å². The normalized spacial score (nSPS) is 12.0. The predicted octanol–water partition coefficient (Wildman–Crippen LogP) is 0.346. The molecule has 0 heterocycles. The Labute approximate surface area is 104 Å². The van der Waals surface area contributed by atoms with Gasteiger partial charge in [0.25, 0.3) is 0 Å². The van der Waals surface area contributed by atoms with E-state index < -0.39 is 0 Å². The molecule has 0 saturated carbocycles. The summed E-state index contributed by atoms with van der Waals surface area (Å²) in [4.78, 5) is 24.9. The molecule has 0 bridgehead atoms. The molecule has 0 aromatic heterocycles. The standard InChI is InChI=1S/C12H25N3O2/c1-4-10(8-13)7-11(16)14-9-12(17)15(5-2)6-3/h10H,4-9,13H2,1-3H3,(H,14,16). The summed E-state index contributed by atoms with van der Waals surface area (Å²) in [6.45, 7) is 7.79. The van der Waals surface area contributed by atoms with E-state index in [4.69, 9.17) is 5.73 Å². The van der Waals surface area contributed by atoms with Crippen molar-refractivity contribution in [3.8, 4) is 0 Å². The third-order valence-electron chi connectivity index (χ3n) is 2.94. The van der Waals surface area contributed by atoms with Crippen molar-refractivity contribution in [2.45, 2.75) is 33.6 Å². The van der Waals surface area contributed by atoms with Gasteiger partial charge in [0.1, 0.15) is 0 Å². The molecule has 0 saturated heterocycles. The van der Waals surface area contributed by atoms with Gasteiger partial charge in [-0.25, -0.2) is 0 Å². The van der Waals surface area contributed by atoms with Crippen LogP contribution < -0.4 is 11.1 Å². The Morgan fingerprint density at radius 3 is 2.24 bits per heavy atom. The first kappa shape index (κ1) is 15.9. The third kappa shape index (κ3) is 6.26. The van der Waals surface area contributed by atoms with E-state index in [2.05, 4.69) is 5.32 Å². The molecule has 1 atom stereocenters. The number of carbonyl (C=O) groups is 2. The number of carbonyl (C=O) groups excluding carboxylic acids is 2. The van der Waals surface area contributed by atoms with Gasteiger partial charge in [0.2, 0.25) is 11.8 Å². The summed E-state index contributed by atoms with van der Waals surface area (Å²) >= 11 is 0. The predicted molar refractivity (Wildman–Crippen MR) is 68.4 cm³/mol. The van der Waals surface area contributed by atoms with Crippen LogP contribution in [-0.2, 0) is 9.59 Å². The molecule has 1 unspecified atom stereocenters. The van der Waals surface area contributed by atoms with E-state index in [0.717, 1.165) is 6.42 Å². The van der Waals surface area contributed by atoms with E-state index in [1.807, 2.05) is 20.8 Å². The molecule has 0 aliphatic carbocycles. The van der Waals surface area contributed by atoms with Crippen LogP contribution in [0.4, 0.5) is 0 Å². The number of amides is 2. The molecule has 100 valence electrons. The molecule has 0 radical (unpaired) electrons. The molecule has 0 rings (SSSR count). The lowest BCUT2D eigenvalue weighted by atomic mass is 10.0. The second kappa shape index (κ2) is 8.98. The van der Waals surface area contributed by atoms with E-state index in [9.17, 15) is 9.59 Å². The molecule has 0 aliphatic heterocycles.